The number of esters is 1. The highest BCUT2D eigenvalue weighted by molar-refractivity contribution is 5.99. The lowest BCUT2D eigenvalue weighted by Gasteiger charge is -2.15. The maximum atomic E-state index is 12.6. The largest absolute Gasteiger partial charge is 0.449 e. The molecule has 0 spiro atoms. The molecule has 0 aliphatic rings. The van der Waals surface area contributed by atoms with Gasteiger partial charge in [-0.2, -0.15) is 5.10 Å². The van der Waals surface area contributed by atoms with E-state index >= 15 is 0 Å². The zero-order chi connectivity index (χ0) is 20.3. The van der Waals surface area contributed by atoms with Crippen LogP contribution < -0.4 is 5.32 Å². The molecule has 1 atom stereocenters. The molecule has 8 nitrogen and oxygen atoms in total. The minimum atomic E-state index is -1.02. The number of anilines is 1. The van der Waals surface area contributed by atoms with Crippen molar-refractivity contribution in [3.8, 4) is 0 Å². The number of methoxy groups -OCH3 is 1. The molecule has 0 bridgehead atoms. The zero-order valence-electron chi connectivity index (χ0n) is 16.3. The van der Waals surface area contributed by atoms with E-state index < -0.39 is 18.0 Å². The van der Waals surface area contributed by atoms with Crippen molar-refractivity contribution >= 4 is 28.7 Å². The number of fused-ring (bicyclic) bond motifs is 1. The van der Waals surface area contributed by atoms with Gasteiger partial charge in [0.05, 0.1) is 12.8 Å². The van der Waals surface area contributed by atoms with Gasteiger partial charge in [0.25, 0.3) is 5.91 Å². The van der Waals surface area contributed by atoms with Crippen LogP contribution in [-0.2, 0) is 20.9 Å². The molecule has 2 aromatic heterocycles. The fraction of sp³-hybridized carbons (Fsp3) is 0.350. The van der Waals surface area contributed by atoms with Crippen LogP contribution in [0.25, 0.3) is 11.0 Å². The average Bonchev–Trinajstić information content (AvgIpc) is 3.27. The van der Waals surface area contributed by atoms with Crippen molar-refractivity contribution in [1.29, 1.82) is 0 Å². The smallest absolute Gasteiger partial charge is 0.375 e. The Morgan fingerprint density at radius 3 is 2.68 bits per heavy atom. The molecule has 3 aromatic rings. The van der Waals surface area contributed by atoms with Gasteiger partial charge in [0.1, 0.15) is 11.4 Å². The lowest BCUT2D eigenvalue weighted by Crippen LogP contribution is -2.31. The number of amides is 1. The molecule has 28 heavy (non-hydrogen) atoms. The Bertz CT molecular complexity index is 989. The summed E-state index contributed by atoms with van der Waals surface area (Å²) in [5.74, 6) is -0.606. The van der Waals surface area contributed by atoms with Crippen molar-refractivity contribution in [2.75, 3.05) is 12.4 Å². The first kappa shape index (κ1) is 19.6. The lowest BCUT2D eigenvalue weighted by atomic mass is 10.1. The number of carbonyl (C=O) groups is 2. The van der Waals surface area contributed by atoms with Crippen molar-refractivity contribution in [1.82, 2.24) is 9.78 Å². The standard InChI is InChI=1S/C20H23N3O5/c1-12(2)23-17(9-10-21-23)22-19(24)13(3)27-20(25)18-15(11-26-4)14-7-5-6-8-16(14)28-18/h5-10,12-13H,11H2,1-4H3,(H,22,24)/t13-/m0/s1. The van der Waals surface area contributed by atoms with E-state index in [-0.39, 0.29) is 18.4 Å². The van der Waals surface area contributed by atoms with E-state index in [4.69, 9.17) is 13.9 Å². The number of nitrogens with one attached hydrogen (secondary N) is 1. The van der Waals surface area contributed by atoms with Crippen LogP contribution in [0.1, 0.15) is 42.9 Å². The molecule has 3 rings (SSSR count). The predicted molar refractivity (Wildman–Crippen MR) is 103 cm³/mol. The van der Waals surface area contributed by atoms with Gasteiger partial charge in [0.2, 0.25) is 5.76 Å². The number of para-hydroxylation sites is 1. The molecule has 0 unspecified atom stereocenters. The number of hydrogen-bond donors (Lipinski definition) is 1. The van der Waals surface area contributed by atoms with Gasteiger partial charge in [-0.15, -0.1) is 0 Å². The first-order chi connectivity index (χ1) is 13.4. The first-order valence-corrected chi connectivity index (χ1v) is 8.97. The number of benzene rings is 1. The molecule has 0 aliphatic carbocycles. The van der Waals surface area contributed by atoms with E-state index in [1.165, 1.54) is 14.0 Å². The van der Waals surface area contributed by atoms with Gasteiger partial charge in [-0.1, -0.05) is 18.2 Å². The van der Waals surface area contributed by atoms with E-state index in [0.717, 1.165) is 5.39 Å². The fourth-order valence-corrected chi connectivity index (χ4v) is 2.87. The molecular formula is C20H23N3O5. The van der Waals surface area contributed by atoms with Gasteiger partial charge in [-0.3, -0.25) is 4.79 Å². The van der Waals surface area contributed by atoms with Crippen LogP contribution in [0.15, 0.2) is 40.9 Å². The third-order valence-electron chi connectivity index (χ3n) is 4.24. The Morgan fingerprint density at radius 1 is 1.21 bits per heavy atom. The number of nitrogens with zero attached hydrogens (tertiary/aromatic N) is 2. The van der Waals surface area contributed by atoms with Gasteiger partial charge in [-0.05, 0) is 26.8 Å². The number of ether oxygens (including phenoxy) is 2. The summed E-state index contributed by atoms with van der Waals surface area (Å²) in [4.78, 5) is 25.1. The number of furan rings is 1. The maximum absolute atomic E-state index is 12.6. The van der Waals surface area contributed by atoms with Crippen molar-refractivity contribution in [3.63, 3.8) is 0 Å². The van der Waals surface area contributed by atoms with E-state index in [1.807, 2.05) is 32.0 Å². The molecule has 0 aliphatic heterocycles. The van der Waals surface area contributed by atoms with Crippen molar-refractivity contribution < 1.29 is 23.5 Å². The Kier molecular flexibility index (Phi) is 5.79. The number of aromatic nitrogens is 2. The molecule has 0 radical (unpaired) electrons. The van der Waals surface area contributed by atoms with Gasteiger partial charge >= 0.3 is 5.97 Å². The second-order valence-corrected chi connectivity index (χ2v) is 6.63. The molecule has 0 saturated carbocycles. The van der Waals surface area contributed by atoms with Gasteiger partial charge < -0.3 is 19.2 Å². The summed E-state index contributed by atoms with van der Waals surface area (Å²) in [6.45, 7) is 5.59. The van der Waals surface area contributed by atoms with Crippen molar-refractivity contribution in [2.24, 2.45) is 0 Å². The molecular weight excluding hydrogens is 362 g/mol. The van der Waals surface area contributed by atoms with Crippen molar-refractivity contribution in [2.45, 2.75) is 39.5 Å². The van der Waals surface area contributed by atoms with Crippen LogP contribution >= 0.6 is 0 Å². The minimum absolute atomic E-state index is 0.0370. The highest BCUT2D eigenvalue weighted by Crippen LogP contribution is 2.27. The molecule has 0 saturated heterocycles. The monoisotopic (exact) mass is 385 g/mol. The van der Waals surface area contributed by atoms with E-state index in [0.29, 0.717) is 17.0 Å². The Morgan fingerprint density at radius 2 is 1.96 bits per heavy atom. The van der Waals surface area contributed by atoms with E-state index in [2.05, 4.69) is 10.4 Å². The normalized spacial score (nSPS) is 12.3. The molecule has 148 valence electrons. The highest BCUT2D eigenvalue weighted by Gasteiger charge is 2.26. The highest BCUT2D eigenvalue weighted by atomic mass is 16.6. The number of rotatable bonds is 7. The SMILES string of the molecule is COCc1c(C(=O)O[C@@H](C)C(=O)Nc2ccnn2C(C)C)oc2ccccc12. The third-order valence-corrected chi connectivity index (χ3v) is 4.24. The summed E-state index contributed by atoms with van der Waals surface area (Å²) in [5, 5.41) is 7.65. The average molecular weight is 385 g/mol. The van der Waals surface area contributed by atoms with Crippen LogP contribution in [-0.4, -0.2) is 34.9 Å². The minimum Gasteiger partial charge on any atom is -0.449 e. The zero-order valence-corrected chi connectivity index (χ0v) is 16.3. The van der Waals surface area contributed by atoms with E-state index in [1.54, 1.807) is 23.0 Å². The topological polar surface area (TPSA) is 95.6 Å². The van der Waals surface area contributed by atoms with E-state index in [9.17, 15) is 9.59 Å². The molecule has 1 aromatic carbocycles. The molecule has 8 heteroatoms. The van der Waals surface area contributed by atoms with Gasteiger partial charge in [-0.25, -0.2) is 9.48 Å². The molecule has 1 amide bonds. The summed E-state index contributed by atoms with van der Waals surface area (Å²) >= 11 is 0. The van der Waals surface area contributed by atoms with Crippen LogP contribution in [0, 0.1) is 0 Å². The fourth-order valence-electron chi connectivity index (χ4n) is 2.87. The number of carbonyl (C=O) groups excluding carboxylic acids is 2. The summed E-state index contributed by atoms with van der Waals surface area (Å²) in [5.41, 5.74) is 1.15. The van der Waals surface area contributed by atoms with Crippen molar-refractivity contribution in [3.05, 3.63) is 47.9 Å². The summed E-state index contributed by atoms with van der Waals surface area (Å²) in [7, 11) is 1.53. The molecule has 0 fully saturated rings. The van der Waals surface area contributed by atoms with Gasteiger partial charge in [0, 0.05) is 30.2 Å². The lowest BCUT2D eigenvalue weighted by molar-refractivity contribution is -0.123. The summed E-state index contributed by atoms with van der Waals surface area (Å²) < 4.78 is 17.8. The third kappa shape index (κ3) is 3.91. The Labute approximate surface area is 162 Å². The quantitative estimate of drug-likeness (QED) is 0.625. The Balaban J connectivity index is 1.75. The number of hydrogen-bond acceptors (Lipinski definition) is 6. The van der Waals surface area contributed by atoms with Crippen LogP contribution in [0.2, 0.25) is 0 Å². The maximum Gasteiger partial charge on any atom is 0.375 e. The second kappa shape index (κ2) is 8.26. The van der Waals surface area contributed by atoms with Crippen LogP contribution in [0.4, 0.5) is 5.82 Å². The van der Waals surface area contributed by atoms with Crippen LogP contribution in [0.5, 0.6) is 0 Å². The molecule has 1 N–H and O–H groups in total. The predicted octanol–water partition coefficient (Wildman–Crippen LogP) is 3.54. The first-order valence-electron chi connectivity index (χ1n) is 8.97. The second-order valence-electron chi connectivity index (χ2n) is 6.63. The van der Waals surface area contributed by atoms with Crippen LogP contribution in [0.3, 0.4) is 0 Å². The molecule has 2 heterocycles. The summed E-state index contributed by atoms with van der Waals surface area (Å²) in [6, 6.07) is 9.02. The summed E-state index contributed by atoms with van der Waals surface area (Å²) in [6.07, 6.45) is 0.573. The Hall–Kier alpha value is -3.13. The van der Waals surface area contributed by atoms with Gasteiger partial charge in [0.15, 0.2) is 6.10 Å².